The highest BCUT2D eigenvalue weighted by molar-refractivity contribution is 7.98. The van der Waals surface area contributed by atoms with E-state index >= 15 is 0 Å². The number of benzene rings is 2. The van der Waals surface area contributed by atoms with Crippen molar-refractivity contribution < 1.29 is 9.53 Å². The number of hydrogen-bond acceptors (Lipinski definition) is 5. The maximum absolute atomic E-state index is 13.1. The van der Waals surface area contributed by atoms with Crippen molar-refractivity contribution in [1.29, 1.82) is 0 Å². The van der Waals surface area contributed by atoms with E-state index in [0.29, 0.717) is 45.5 Å². The molecule has 0 fully saturated rings. The molecular weight excluding hydrogens is 422 g/mol. The van der Waals surface area contributed by atoms with Crippen molar-refractivity contribution >= 4 is 40.2 Å². The Morgan fingerprint density at radius 1 is 1.23 bits per heavy atom. The van der Waals surface area contributed by atoms with Crippen LogP contribution < -0.4 is 10.9 Å². The largest absolute Gasteiger partial charge is 0.383 e. The van der Waals surface area contributed by atoms with Crippen LogP contribution in [0.25, 0.3) is 10.9 Å². The predicted molar refractivity (Wildman–Crippen MR) is 121 cm³/mol. The van der Waals surface area contributed by atoms with Gasteiger partial charge in [0.25, 0.3) is 11.5 Å². The number of nitrogens with one attached hydrogen (secondary N) is 1. The van der Waals surface area contributed by atoms with Crippen molar-refractivity contribution in [3.05, 3.63) is 69.0 Å². The lowest BCUT2D eigenvalue weighted by Crippen LogP contribution is -2.30. The molecule has 0 aliphatic carbocycles. The molecule has 0 saturated heterocycles. The van der Waals surface area contributed by atoms with E-state index < -0.39 is 0 Å². The van der Waals surface area contributed by atoms with Crippen molar-refractivity contribution in [2.75, 3.05) is 13.7 Å². The Morgan fingerprint density at radius 2 is 1.97 bits per heavy atom. The Labute approximate surface area is 184 Å². The number of ether oxygens (including phenoxy) is 1. The number of hydrogen-bond donors (Lipinski definition) is 1. The van der Waals surface area contributed by atoms with Gasteiger partial charge in [0.05, 0.1) is 24.1 Å². The first-order valence-corrected chi connectivity index (χ1v) is 11.0. The third-order valence-corrected chi connectivity index (χ3v) is 5.70. The summed E-state index contributed by atoms with van der Waals surface area (Å²) in [5, 5.41) is 4.60. The molecule has 30 heavy (non-hydrogen) atoms. The van der Waals surface area contributed by atoms with Crippen molar-refractivity contribution in [3.8, 4) is 0 Å². The summed E-state index contributed by atoms with van der Waals surface area (Å²) in [7, 11) is 1.60. The molecule has 1 N–H and O–H groups in total. The van der Waals surface area contributed by atoms with Gasteiger partial charge in [0.2, 0.25) is 0 Å². The molecule has 8 heteroatoms. The molecule has 158 valence electrons. The predicted octanol–water partition coefficient (Wildman–Crippen LogP) is 4.13. The van der Waals surface area contributed by atoms with Crippen molar-refractivity contribution in [2.45, 2.75) is 37.3 Å². The van der Waals surface area contributed by atoms with Gasteiger partial charge in [-0.3, -0.25) is 14.2 Å². The van der Waals surface area contributed by atoms with Gasteiger partial charge in [0.15, 0.2) is 5.16 Å². The number of amides is 1. The second kappa shape index (κ2) is 10.1. The van der Waals surface area contributed by atoms with E-state index in [1.165, 1.54) is 11.8 Å². The van der Waals surface area contributed by atoms with Gasteiger partial charge in [-0.2, -0.15) is 0 Å². The van der Waals surface area contributed by atoms with Crippen LogP contribution in [0.5, 0.6) is 0 Å². The third-order valence-electron chi connectivity index (χ3n) is 4.40. The van der Waals surface area contributed by atoms with E-state index in [4.69, 9.17) is 21.3 Å². The molecule has 6 nitrogen and oxygen atoms in total. The Hall–Kier alpha value is -2.35. The van der Waals surface area contributed by atoms with Gasteiger partial charge >= 0.3 is 0 Å². The van der Waals surface area contributed by atoms with E-state index in [-0.39, 0.29) is 17.5 Å². The number of fused-ring (bicyclic) bond motifs is 1. The van der Waals surface area contributed by atoms with Crippen LogP contribution in [-0.2, 0) is 17.0 Å². The van der Waals surface area contributed by atoms with Crippen LogP contribution in [0.4, 0.5) is 0 Å². The van der Waals surface area contributed by atoms with E-state index in [1.54, 1.807) is 29.9 Å². The van der Waals surface area contributed by atoms with Gasteiger partial charge in [-0.05, 0) is 49.7 Å². The zero-order valence-corrected chi connectivity index (χ0v) is 18.7. The molecule has 0 bridgehead atoms. The number of halogens is 1. The minimum absolute atomic E-state index is 0.0219. The highest BCUT2D eigenvalue weighted by atomic mass is 35.5. The van der Waals surface area contributed by atoms with Crippen LogP contribution in [0.2, 0.25) is 5.02 Å². The molecule has 2 aromatic carbocycles. The fraction of sp³-hybridized carbons (Fsp3) is 0.318. The first kappa shape index (κ1) is 22.3. The van der Waals surface area contributed by atoms with Crippen LogP contribution in [0.3, 0.4) is 0 Å². The molecule has 1 amide bonds. The Balaban J connectivity index is 1.99. The van der Waals surface area contributed by atoms with Gasteiger partial charge in [-0.25, -0.2) is 4.98 Å². The number of aromatic nitrogens is 2. The van der Waals surface area contributed by atoms with Gasteiger partial charge < -0.3 is 10.1 Å². The van der Waals surface area contributed by atoms with Gasteiger partial charge in [-0.15, -0.1) is 0 Å². The lowest BCUT2D eigenvalue weighted by atomic mass is 10.1. The highest BCUT2D eigenvalue weighted by Gasteiger charge is 2.15. The smallest absolute Gasteiger partial charge is 0.262 e. The average molecular weight is 446 g/mol. The summed E-state index contributed by atoms with van der Waals surface area (Å²) in [5.41, 5.74) is 1.91. The van der Waals surface area contributed by atoms with E-state index in [2.05, 4.69) is 5.32 Å². The maximum atomic E-state index is 13.1. The van der Waals surface area contributed by atoms with Crippen LogP contribution >= 0.6 is 23.4 Å². The first-order valence-electron chi connectivity index (χ1n) is 9.60. The van der Waals surface area contributed by atoms with Gasteiger partial charge in [0, 0.05) is 29.5 Å². The van der Waals surface area contributed by atoms with Crippen molar-refractivity contribution in [1.82, 2.24) is 14.9 Å². The van der Waals surface area contributed by atoms with Crippen LogP contribution in [0.1, 0.15) is 29.8 Å². The fourth-order valence-corrected chi connectivity index (χ4v) is 4.01. The molecule has 0 saturated carbocycles. The Kier molecular flexibility index (Phi) is 7.53. The summed E-state index contributed by atoms with van der Waals surface area (Å²) in [6.45, 7) is 4.60. The number of rotatable bonds is 8. The second-order valence-electron chi connectivity index (χ2n) is 7.12. The number of carbonyl (C=O) groups excluding carboxylic acids is 1. The molecule has 3 aromatic rings. The Bertz CT molecular complexity index is 1100. The molecule has 0 aliphatic rings. The minimum Gasteiger partial charge on any atom is -0.383 e. The summed E-state index contributed by atoms with van der Waals surface area (Å²) in [6.07, 6.45) is 0. The van der Waals surface area contributed by atoms with Crippen molar-refractivity contribution in [2.24, 2.45) is 0 Å². The maximum Gasteiger partial charge on any atom is 0.262 e. The van der Waals surface area contributed by atoms with Gasteiger partial charge in [-0.1, -0.05) is 35.5 Å². The second-order valence-corrected chi connectivity index (χ2v) is 8.50. The molecule has 0 atom stereocenters. The summed E-state index contributed by atoms with van der Waals surface area (Å²) in [4.78, 5) is 30.2. The zero-order valence-electron chi connectivity index (χ0n) is 17.1. The van der Waals surface area contributed by atoms with Crippen LogP contribution in [-0.4, -0.2) is 35.2 Å². The zero-order chi connectivity index (χ0) is 21.7. The van der Waals surface area contributed by atoms with Crippen LogP contribution in [0, 0.1) is 0 Å². The summed E-state index contributed by atoms with van der Waals surface area (Å²) >= 11 is 7.42. The molecule has 0 spiro atoms. The molecule has 0 unspecified atom stereocenters. The molecular formula is C22H24ClN3O3S. The molecule has 0 aliphatic heterocycles. The van der Waals surface area contributed by atoms with Gasteiger partial charge in [0.1, 0.15) is 0 Å². The molecule has 1 aromatic heterocycles. The number of thioether (sulfide) groups is 1. The highest BCUT2D eigenvalue weighted by Crippen LogP contribution is 2.23. The minimum atomic E-state index is -0.187. The Morgan fingerprint density at radius 3 is 2.63 bits per heavy atom. The molecule has 3 rings (SSSR count). The molecule has 1 heterocycles. The number of methoxy groups -OCH3 is 1. The standard InChI is InChI=1S/C22H24ClN3O3S/c1-14(2)24-20(27)16-6-9-18-19(12-16)25-22(26(21(18)28)10-11-29-3)30-13-15-4-7-17(23)8-5-15/h4-9,12,14H,10-11,13H2,1-3H3,(H,24,27). The quantitative estimate of drug-likeness (QED) is 0.417. The fourth-order valence-electron chi connectivity index (χ4n) is 2.91. The lowest BCUT2D eigenvalue weighted by Gasteiger charge is -2.14. The summed E-state index contributed by atoms with van der Waals surface area (Å²) in [5.74, 6) is 0.447. The number of nitrogens with zero attached hydrogens (tertiary/aromatic N) is 2. The van der Waals surface area contributed by atoms with Crippen molar-refractivity contribution in [3.63, 3.8) is 0 Å². The SMILES string of the molecule is COCCn1c(SCc2ccc(Cl)cc2)nc2cc(C(=O)NC(C)C)ccc2c1=O. The number of carbonyl (C=O) groups is 1. The first-order chi connectivity index (χ1) is 14.4. The van der Waals surface area contributed by atoms with E-state index in [1.807, 2.05) is 38.1 Å². The normalized spacial score (nSPS) is 11.2. The van der Waals surface area contributed by atoms with E-state index in [9.17, 15) is 9.59 Å². The monoisotopic (exact) mass is 445 g/mol. The third kappa shape index (κ3) is 5.41. The summed E-state index contributed by atoms with van der Waals surface area (Å²) < 4.78 is 6.79. The molecule has 0 radical (unpaired) electrons. The topological polar surface area (TPSA) is 73.2 Å². The lowest BCUT2D eigenvalue weighted by molar-refractivity contribution is 0.0943. The van der Waals surface area contributed by atoms with Crippen LogP contribution in [0.15, 0.2) is 52.4 Å². The average Bonchev–Trinajstić information content (AvgIpc) is 2.72. The van der Waals surface area contributed by atoms with E-state index in [0.717, 1.165) is 5.56 Å². The summed E-state index contributed by atoms with van der Waals surface area (Å²) in [6, 6.07) is 12.6.